The number of nitrogens with zero attached hydrogens (tertiary/aromatic N) is 3. The third kappa shape index (κ3) is 2.55. The summed E-state index contributed by atoms with van der Waals surface area (Å²) < 4.78 is 7.40. The second-order valence-electron chi connectivity index (χ2n) is 5.22. The van der Waals surface area contributed by atoms with Gasteiger partial charge in [0, 0.05) is 17.3 Å². The highest BCUT2D eigenvalue weighted by Crippen LogP contribution is 2.36. The zero-order valence-electron chi connectivity index (χ0n) is 12.3. The molecule has 0 saturated heterocycles. The van der Waals surface area contributed by atoms with Crippen LogP contribution < -0.4 is 10.1 Å². The van der Waals surface area contributed by atoms with E-state index in [-0.39, 0.29) is 12.5 Å². The molecule has 3 aromatic rings. The van der Waals surface area contributed by atoms with Crippen LogP contribution in [0.25, 0.3) is 11.3 Å². The molecule has 1 N–H and O–H groups in total. The quantitative estimate of drug-likeness (QED) is 0.807. The van der Waals surface area contributed by atoms with Crippen LogP contribution in [0.1, 0.15) is 5.56 Å². The number of aromatic nitrogens is 3. The third-order valence-electron chi connectivity index (χ3n) is 3.67. The standard InChI is InChI=1S/C17H14N4O2/c22-16(20-15-7-3-4-8-18-15)10-21-17-12(9-19-21)11-23-14-6-2-1-5-13(14)17/h1-9H,10-11H2,(H,18,20,22). The van der Waals surface area contributed by atoms with Gasteiger partial charge in [0.25, 0.3) is 0 Å². The first-order valence-electron chi connectivity index (χ1n) is 7.29. The Kier molecular flexibility index (Phi) is 3.27. The first-order valence-corrected chi connectivity index (χ1v) is 7.29. The van der Waals surface area contributed by atoms with E-state index in [0.29, 0.717) is 12.4 Å². The maximum absolute atomic E-state index is 12.2. The average Bonchev–Trinajstić information content (AvgIpc) is 2.99. The molecule has 3 heterocycles. The number of amides is 1. The number of rotatable bonds is 3. The number of fused-ring (bicyclic) bond motifs is 3. The molecule has 4 rings (SSSR count). The van der Waals surface area contributed by atoms with Crippen LogP contribution in [0.4, 0.5) is 5.82 Å². The first kappa shape index (κ1) is 13.5. The van der Waals surface area contributed by atoms with Gasteiger partial charge in [-0.25, -0.2) is 4.98 Å². The van der Waals surface area contributed by atoms with Crippen molar-refractivity contribution in [3.05, 3.63) is 60.4 Å². The zero-order chi connectivity index (χ0) is 15.6. The van der Waals surface area contributed by atoms with Gasteiger partial charge in [-0.2, -0.15) is 5.10 Å². The van der Waals surface area contributed by atoms with E-state index in [4.69, 9.17) is 4.74 Å². The number of pyridine rings is 1. The molecule has 1 aliphatic rings. The molecule has 114 valence electrons. The van der Waals surface area contributed by atoms with E-state index < -0.39 is 0 Å². The molecule has 0 spiro atoms. The molecule has 0 aliphatic carbocycles. The maximum atomic E-state index is 12.2. The van der Waals surface area contributed by atoms with Crippen molar-refractivity contribution in [2.24, 2.45) is 0 Å². The Morgan fingerprint density at radius 3 is 2.96 bits per heavy atom. The summed E-state index contributed by atoms with van der Waals surface area (Å²) in [5.41, 5.74) is 2.87. The first-order chi connectivity index (χ1) is 11.3. The van der Waals surface area contributed by atoms with Gasteiger partial charge in [0.05, 0.1) is 11.9 Å². The third-order valence-corrected chi connectivity index (χ3v) is 3.67. The zero-order valence-corrected chi connectivity index (χ0v) is 12.3. The molecular weight excluding hydrogens is 292 g/mol. The molecule has 0 radical (unpaired) electrons. The van der Waals surface area contributed by atoms with Crippen LogP contribution in [0.15, 0.2) is 54.9 Å². The molecule has 0 fully saturated rings. The molecular formula is C17H14N4O2. The summed E-state index contributed by atoms with van der Waals surface area (Å²) in [5.74, 6) is 1.17. The van der Waals surface area contributed by atoms with Crippen LogP contribution in [0.2, 0.25) is 0 Å². The Bertz CT molecular complexity index is 858. The minimum atomic E-state index is -0.168. The van der Waals surface area contributed by atoms with Crippen molar-refractivity contribution >= 4 is 11.7 Å². The lowest BCUT2D eigenvalue weighted by Crippen LogP contribution is -2.21. The summed E-state index contributed by atoms with van der Waals surface area (Å²) in [4.78, 5) is 16.3. The predicted molar refractivity (Wildman–Crippen MR) is 84.9 cm³/mol. The van der Waals surface area contributed by atoms with Gasteiger partial charge in [-0.15, -0.1) is 0 Å². The second-order valence-corrected chi connectivity index (χ2v) is 5.22. The monoisotopic (exact) mass is 306 g/mol. The Balaban J connectivity index is 1.60. The Labute approximate surface area is 132 Å². The maximum Gasteiger partial charge on any atom is 0.247 e. The molecule has 0 unspecified atom stereocenters. The number of carbonyl (C=O) groups is 1. The van der Waals surface area contributed by atoms with Gasteiger partial charge in [0.15, 0.2) is 0 Å². The molecule has 23 heavy (non-hydrogen) atoms. The van der Waals surface area contributed by atoms with E-state index in [1.807, 2.05) is 30.3 Å². The fraction of sp³-hybridized carbons (Fsp3) is 0.118. The molecule has 1 aliphatic heterocycles. The molecule has 2 aromatic heterocycles. The Hall–Kier alpha value is -3.15. The number of para-hydroxylation sites is 1. The Morgan fingerprint density at radius 1 is 1.22 bits per heavy atom. The summed E-state index contributed by atoms with van der Waals surface area (Å²) >= 11 is 0. The number of hydrogen-bond acceptors (Lipinski definition) is 4. The lowest BCUT2D eigenvalue weighted by Gasteiger charge is -2.19. The van der Waals surface area contributed by atoms with E-state index in [1.165, 1.54) is 0 Å². The lowest BCUT2D eigenvalue weighted by molar-refractivity contribution is -0.116. The topological polar surface area (TPSA) is 69.0 Å². The summed E-state index contributed by atoms with van der Waals surface area (Å²) in [6, 6.07) is 13.1. The highest BCUT2D eigenvalue weighted by Gasteiger charge is 2.22. The van der Waals surface area contributed by atoms with Crippen molar-refractivity contribution < 1.29 is 9.53 Å². The molecule has 6 nitrogen and oxygen atoms in total. The van der Waals surface area contributed by atoms with Crippen molar-refractivity contribution in [3.8, 4) is 17.0 Å². The van der Waals surface area contributed by atoms with Gasteiger partial charge in [0.1, 0.15) is 24.7 Å². The number of benzene rings is 1. The highest BCUT2D eigenvalue weighted by atomic mass is 16.5. The normalized spacial score (nSPS) is 12.0. The number of hydrogen-bond donors (Lipinski definition) is 1. The van der Waals surface area contributed by atoms with Gasteiger partial charge in [-0.1, -0.05) is 18.2 Å². The van der Waals surface area contributed by atoms with Crippen LogP contribution in [-0.4, -0.2) is 20.7 Å². The fourth-order valence-electron chi connectivity index (χ4n) is 2.66. The summed E-state index contributed by atoms with van der Waals surface area (Å²) in [6.45, 7) is 0.592. The minimum absolute atomic E-state index is 0.125. The minimum Gasteiger partial charge on any atom is -0.488 e. The summed E-state index contributed by atoms with van der Waals surface area (Å²) in [5, 5.41) is 7.10. The van der Waals surface area contributed by atoms with Crippen molar-refractivity contribution in [3.63, 3.8) is 0 Å². The van der Waals surface area contributed by atoms with Gasteiger partial charge in [-0.3, -0.25) is 9.48 Å². The van der Waals surface area contributed by atoms with Gasteiger partial charge in [-0.05, 0) is 24.3 Å². The SMILES string of the molecule is O=C(Cn1ncc2c1-c1ccccc1OC2)Nc1ccccn1. The van der Waals surface area contributed by atoms with Gasteiger partial charge >= 0.3 is 0 Å². The van der Waals surface area contributed by atoms with Gasteiger partial charge in [0.2, 0.25) is 5.91 Å². The van der Waals surface area contributed by atoms with E-state index in [1.54, 1.807) is 29.2 Å². The second kappa shape index (κ2) is 5.57. The molecule has 0 bridgehead atoms. The van der Waals surface area contributed by atoms with Crippen molar-refractivity contribution in [2.45, 2.75) is 13.2 Å². The summed E-state index contributed by atoms with van der Waals surface area (Å²) in [7, 11) is 0. The summed E-state index contributed by atoms with van der Waals surface area (Å²) in [6.07, 6.45) is 3.39. The molecule has 0 atom stereocenters. The van der Waals surface area contributed by atoms with Crippen molar-refractivity contribution in [1.82, 2.24) is 14.8 Å². The van der Waals surface area contributed by atoms with E-state index in [9.17, 15) is 4.79 Å². The van der Waals surface area contributed by atoms with E-state index in [2.05, 4.69) is 15.4 Å². The molecule has 6 heteroatoms. The Morgan fingerprint density at radius 2 is 2.09 bits per heavy atom. The van der Waals surface area contributed by atoms with Gasteiger partial charge < -0.3 is 10.1 Å². The molecule has 1 aromatic carbocycles. The van der Waals surface area contributed by atoms with Crippen LogP contribution in [-0.2, 0) is 17.9 Å². The van der Waals surface area contributed by atoms with Crippen molar-refractivity contribution in [1.29, 1.82) is 0 Å². The largest absolute Gasteiger partial charge is 0.488 e. The molecule has 0 saturated carbocycles. The van der Waals surface area contributed by atoms with E-state index >= 15 is 0 Å². The highest BCUT2D eigenvalue weighted by molar-refractivity contribution is 5.90. The fourth-order valence-corrected chi connectivity index (χ4v) is 2.66. The average molecular weight is 306 g/mol. The number of nitrogens with one attached hydrogen (secondary N) is 1. The van der Waals surface area contributed by atoms with Crippen LogP contribution in [0.5, 0.6) is 5.75 Å². The van der Waals surface area contributed by atoms with Crippen LogP contribution in [0.3, 0.4) is 0 Å². The number of ether oxygens (including phenoxy) is 1. The number of carbonyl (C=O) groups excluding carboxylic acids is 1. The van der Waals surface area contributed by atoms with Crippen LogP contribution in [0, 0.1) is 0 Å². The smallest absolute Gasteiger partial charge is 0.247 e. The molecule has 1 amide bonds. The van der Waals surface area contributed by atoms with Crippen LogP contribution >= 0.6 is 0 Å². The predicted octanol–water partition coefficient (Wildman–Crippen LogP) is 2.48. The van der Waals surface area contributed by atoms with E-state index in [0.717, 1.165) is 22.6 Å². The lowest BCUT2D eigenvalue weighted by atomic mass is 10.0. The number of anilines is 1. The van der Waals surface area contributed by atoms with Crippen molar-refractivity contribution in [2.75, 3.05) is 5.32 Å².